The molecule has 1 saturated heterocycles. The lowest BCUT2D eigenvalue weighted by molar-refractivity contribution is -0.144. The first-order chi connectivity index (χ1) is 8.36. The van der Waals surface area contributed by atoms with Gasteiger partial charge in [0.1, 0.15) is 0 Å². The molecule has 1 heterocycles. The largest absolute Gasteiger partial charge is 0.379 e. The molecule has 0 unspecified atom stereocenters. The SMILES string of the molecule is O[C@@H](OCCN1CCOCC1)C1CCCCC1. The number of hydrogen-bond donors (Lipinski definition) is 1. The van der Waals surface area contributed by atoms with E-state index in [1.54, 1.807) is 0 Å². The van der Waals surface area contributed by atoms with E-state index in [0.29, 0.717) is 12.5 Å². The highest BCUT2D eigenvalue weighted by atomic mass is 16.6. The number of morpholine rings is 1. The van der Waals surface area contributed by atoms with Crippen LogP contribution in [0.2, 0.25) is 0 Å². The fourth-order valence-corrected chi connectivity index (χ4v) is 2.68. The predicted molar refractivity (Wildman–Crippen MR) is 65.8 cm³/mol. The molecule has 1 N–H and O–H groups in total. The van der Waals surface area contributed by atoms with Crippen LogP contribution < -0.4 is 0 Å². The van der Waals surface area contributed by atoms with Crippen molar-refractivity contribution in [2.24, 2.45) is 5.92 Å². The Labute approximate surface area is 104 Å². The summed E-state index contributed by atoms with van der Waals surface area (Å²) in [6.45, 7) is 5.17. The van der Waals surface area contributed by atoms with Crippen molar-refractivity contribution >= 4 is 0 Å². The first kappa shape index (κ1) is 13.3. The van der Waals surface area contributed by atoms with Crippen LogP contribution in [0, 0.1) is 5.92 Å². The highest BCUT2D eigenvalue weighted by Crippen LogP contribution is 2.26. The monoisotopic (exact) mass is 243 g/mol. The molecule has 0 radical (unpaired) electrons. The van der Waals surface area contributed by atoms with Crippen molar-refractivity contribution in [2.75, 3.05) is 39.5 Å². The quantitative estimate of drug-likeness (QED) is 0.738. The van der Waals surface area contributed by atoms with Gasteiger partial charge >= 0.3 is 0 Å². The van der Waals surface area contributed by atoms with Crippen LogP contribution in [-0.4, -0.2) is 55.8 Å². The molecule has 2 fully saturated rings. The van der Waals surface area contributed by atoms with E-state index in [4.69, 9.17) is 9.47 Å². The van der Waals surface area contributed by atoms with Gasteiger partial charge in [-0.1, -0.05) is 19.3 Å². The minimum absolute atomic E-state index is 0.369. The molecule has 100 valence electrons. The maximum absolute atomic E-state index is 9.94. The number of rotatable bonds is 5. The zero-order valence-electron chi connectivity index (χ0n) is 10.6. The van der Waals surface area contributed by atoms with E-state index in [1.807, 2.05) is 0 Å². The minimum atomic E-state index is -0.545. The third-order valence-electron chi connectivity index (χ3n) is 3.85. The second kappa shape index (κ2) is 7.31. The lowest BCUT2D eigenvalue weighted by Gasteiger charge is -2.29. The second-order valence-electron chi connectivity index (χ2n) is 5.11. The molecule has 0 aromatic heterocycles. The molecular weight excluding hydrogens is 218 g/mol. The number of aliphatic hydroxyl groups is 1. The number of ether oxygens (including phenoxy) is 2. The summed E-state index contributed by atoms with van der Waals surface area (Å²) >= 11 is 0. The van der Waals surface area contributed by atoms with Crippen LogP contribution in [0.4, 0.5) is 0 Å². The summed E-state index contributed by atoms with van der Waals surface area (Å²) in [7, 11) is 0. The van der Waals surface area contributed by atoms with Gasteiger partial charge in [-0.3, -0.25) is 4.90 Å². The summed E-state index contributed by atoms with van der Waals surface area (Å²) in [6.07, 6.45) is 5.51. The predicted octanol–water partition coefficient (Wildman–Crippen LogP) is 1.23. The third kappa shape index (κ3) is 4.54. The van der Waals surface area contributed by atoms with Crippen LogP contribution in [0.1, 0.15) is 32.1 Å². The van der Waals surface area contributed by atoms with E-state index in [0.717, 1.165) is 45.7 Å². The molecule has 1 aliphatic carbocycles. The van der Waals surface area contributed by atoms with Gasteiger partial charge in [-0.25, -0.2) is 0 Å². The Kier molecular flexibility index (Phi) is 5.71. The van der Waals surface area contributed by atoms with E-state index in [9.17, 15) is 5.11 Å². The molecule has 1 atom stereocenters. The van der Waals surface area contributed by atoms with E-state index < -0.39 is 6.29 Å². The fourth-order valence-electron chi connectivity index (χ4n) is 2.68. The molecule has 0 aromatic rings. The van der Waals surface area contributed by atoms with E-state index in [1.165, 1.54) is 19.3 Å². The van der Waals surface area contributed by atoms with Gasteiger partial charge in [-0.15, -0.1) is 0 Å². The van der Waals surface area contributed by atoms with Gasteiger partial charge in [0.2, 0.25) is 0 Å². The molecule has 1 aliphatic heterocycles. The van der Waals surface area contributed by atoms with Gasteiger partial charge in [0.05, 0.1) is 19.8 Å². The Morgan fingerprint density at radius 3 is 2.59 bits per heavy atom. The van der Waals surface area contributed by atoms with Crippen LogP contribution in [0.5, 0.6) is 0 Å². The summed E-state index contributed by atoms with van der Waals surface area (Å²) in [5, 5.41) is 9.94. The number of nitrogens with zero attached hydrogens (tertiary/aromatic N) is 1. The maximum Gasteiger partial charge on any atom is 0.157 e. The smallest absolute Gasteiger partial charge is 0.157 e. The molecule has 0 spiro atoms. The van der Waals surface area contributed by atoms with Crippen molar-refractivity contribution in [3.8, 4) is 0 Å². The van der Waals surface area contributed by atoms with Crippen LogP contribution >= 0.6 is 0 Å². The van der Waals surface area contributed by atoms with Gasteiger partial charge in [0.25, 0.3) is 0 Å². The van der Waals surface area contributed by atoms with E-state index >= 15 is 0 Å². The number of aliphatic hydroxyl groups excluding tert-OH is 1. The van der Waals surface area contributed by atoms with E-state index in [-0.39, 0.29) is 0 Å². The van der Waals surface area contributed by atoms with Crippen LogP contribution in [0.15, 0.2) is 0 Å². The van der Waals surface area contributed by atoms with Crippen molar-refractivity contribution in [1.29, 1.82) is 0 Å². The molecule has 2 rings (SSSR count). The van der Waals surface area contributed by atoms with Crippen molar-refractivity contribution in [3.63, 3.8) is 0 Å². The zero-order chi connectivity index (χ0) is 11.9. The molecular formula is C13H25NO3. The Morgan fingerprint density at radius 2 is 1.88 bits per heavy atom. The minimum Gasteiger partial charge on any atom is -0.379 e. The van der Waals surface area contributed by atoms with Crippen LogP contribution in [-0.2, 0) is 9.47 Å². The van der Waals surface area contributed by atoms with Crippen LogP contribution in [0.3, 0.4) is 0 Å². The molecule has 1 saturated carbocycles. The molecule has 17 heavy (non-hydrogen) atoms. The zero-order valence-corrected chi connectivity index (χ0v) is 10.6. The third-order valence-corrected chi connectivity index (χ3v) is 3.85. The van der Waals surface area contributed by atoms with Gasteiger partial charge in [-0.05, 0) is 12.8 Å². The summed E-state index contributed by atoms with van der Waals surface area (Å²) in [5.41, 5.74) is 0. The lowest BCUT2D eigenvalue weighted by atomic mass is 9.89. The average molecular weight is 243 g/mol. The molecule has 4 heteroatoms. The molecule has 2 aliphatic rings. The van der Waals surface area contributed by atoms with Crippen molar-refractivity contribution in [2.45, 2.75) is 38.4 Å². The summed E-state index contributed by atoms with van der Waals surface area (Å²) in [4.78, 5) is 2.33. The fraction of sp³-hybridized carbons (Fsp3) is 1.00. The Balaban J connectivity index is 1.57. The molecule has 0 aromatic carbocycles. The number of hydrogen-bond acceptors (Lipinski definition) is 4. The average Bonchev–Trinajstić information content (AvgIpc) is 2.41. The summed E-state index contributed by atoms with van der Waals surface area (Å²) in [6, 6.07) is 0. The van der Waals surface area contributed by atoms with Gasteiger partial charge in [0, 0.05) is 25.6 Å². The lowest BCUT2D eigenvalue weighted by Crippen LogP contribution is -2.39. The summed E-state index contributed by atoms with van der Waals surface area (Å²) < 4.78 is 10.8. The second-order valence-corrected chi connectivity index (χ2v) is 5.11. The van der Waals surface area contributed by atoms with Gasteiger partial charge in [-0.2, -0.15) is 0 Å². The molecule has 4 nitrogen and oxygen atoms in total. The van der Waals surface area contributed by atoms with Crippen molar-refractivity contribution in [1.82, 2.24) is 4.90 Å². The standard InChI is InChI=1S/C13H25NO3/c15-13(12-4-2-1-3-5-12)17-11-8-14-6-9-16-10-7-14/h12-13,15H,1-11H2/t13-/m0/s1. The first-order valence-electron chi connectivity index (χ1n) is 6.96. The van der Waals surface area contributed by atoms with Gasteiger partial charge in [0.15, 0.2) is 6.29 Å². The van der Waals surface area contributed by atoms with E-state index in [2.05, 4.69) is 4.90 Å². The van der Waals surface area contributed by atoms with Gasteiger partial charge < -0.3 is 14.6 Å². The Hall–Kier alpha value is -0.160. The maximum atomic E-state index is 9.94. The first-order valence-corrected chi connectivity index (χ1v) is 6.96. The Bertz CT molecular complexity index is 201. The van der Waals surface area contributed by atoms with Crippen LogP contribution in [0.25, 0.3) is 0 Å². The topological polar surface area (TPSA) is 41.9 Å². The normalized spacial score (nSPS) is 25.9. The highest BCUT2D eigenvalue weighted by molar-refractivity contribution is 4.68. The Morgan fingerprint density at radius 1 is 1.18 bits per heavy atom. The van der Waals surface area contributed by atoms with Crippen molar-refractivity contribution < 1.29 is 14.6 Å². The summed E-state index contributed by atoms with van der Waals surface area (Å²) in [5.74, 6) is 0.369. The highest BCUT2D eigenvalue weighted by Gasteiger charge is 2.22. The molecule has 0 bridgehead atoms. The molecule has 0 amide bonds. The van der Waals surface area contributed by atoms with Crippen molar-refractivity contribution in [3.05, 3.63) is 0 Å².